The Kier molecular flexibility index (Phi) is 5.91. The van der Waals surface area contributed by atoms with E-state index in [1.165, 1.54) is 24.9 Å². The average molecular weight is 272 g/mol. The van der Waals surface area contributed by atoms with Gasteiger partial charge in [-0.05, 0) is 32.0 Å². The van der Waals surface area contributed by atoms with Gasteiger partial charge in [0.1, 0.15) is 12.4 Å². The molecule has 3 heteroatoms. The molecule has 0 aromatic heterocycles. The maximum Gasteiger partial charge on any atom is 0.148 e. The summed E-state index contributed by atoms with van der Waals surface area (Å²) in [6, 6.07) is 8.75. The molecule has 0 spiro atoms. The van der Waals surface area contributed by atoms with Crippen LogP contribution < -0.4 is 10.1 Å². The van der Waals surface area contributed by atoms with Crippen molar-refractivity contribution < 1.29 is 4.74 Å². The van der Waals surface area contributed by atoms with E-state index in [2.05, 4.69) is 29.1 Å². The molecule has 2 rings (SSSR count). The number of nitrogens with one attached hydrogen (secondary N) is 1. The zero-order valence-corrected chi connectivity index (χ0v) is 12.3. The van der Waals surface area contributed by atoms with Gasteiger partial charge in [0, 0.05) is 24.7 Å². The predicted octanol–water partition coefficient (Wildman–Crippen LogP) is 2.27. The summed E-state index contributed by atoms with van der Waals surface area (Å²) in [5.41, 5.74) is 1.17. The number of hydrogen-bond acceptors (Lipinski definition) is 3. The van der Waals surface area contributed by atoms with E-state index in [4.69, 9.17) is 11.2 Å². The van der Waals surface area contributed by atoms with Gasteiger partial charge in [0.05, 0.1) is 0 Å². The molecular weight excluding hydrogens is 248 g/mol. The Labute approximate surface area is 122 Å². The Hall–Kier alpha value is -1.50. The lowest BCUT2D eigenvalue weighted by Gasteiger charge is -2.23. The quantitative estimate of drug-likeness (QED) is 0.771. The van der Waals surface area contributed by atoms with E-state index >= 15 is 0 Å². The number of rotatable bonds is 7. The minimum Gasteiger partial charge on any atom is -0.481 e. The van der Waals surface area contributed by atoms with Crippen molar-refractivity contribution in [3.8, 4) is 18.1 Å². The van der Waals surface area contributed by atoms with Crippen LogP contribution in [0, 0.1) is 12.3 Å². The van der Waals surface area contributed by atoms with Crippen LogP contribution in [0.5, 0.6) is 5.75 Å². The smallest absolute Gasteiger partial charge is 0.148 e. The second-order valence-electron chi connectivity index (χ2n) is 5.16. The van der Waals surface area contributed by atoms with Gasteiger partial charge in [-0.25, -0.2) is 0 Å². The summed E-state index contributed by atoms with van der Waals surface area (Å²) in [5.74, 6) is 3.39. The molecule has 0 saturated carbocycles. The van der Waals surface area contributed by atoms with Gasteiger partial charge in [-0.2, -0.15) is 0 Å². The van der Waals surface area contributed by atoms with Crippen LogP contribution in [0.4, 0.5) is 0 Å². The highest BCUT2D eigenvalue weighted by atomic mass is 16.5. The van der Waals surface area contributed by atoms with Crippen molar-refractivity contribution in [2.75, 3.05) is 26.2 Å². The van der Waals surface area contributed by atoms with Crippen LogP contribution in [0.25, 0.3) is 0 Å². The third-order valence-corrected chi connectivity index (χ3v) is 3.88. The standard InChI is InChI=1S/C17H24N2O/c1-3-12-20-17-10-6-5-8-15(17)13-18-14-16-9-7-11-19(16)4-2/h1,5-6,8,10,16,18H,4,7,9,11-14H2,2H3/t16-/m1/s1. The highest BCUT2D eigenvalue weighted by molar-refractivity contribution is 5.33. The van der Waals surface area contributed by atoms with Crippen LogP contribution in [0.15, 0.2) is 24.3 Å². The van der Waals surface area contributed by atoms with E-state index in [0.29, 0.717) is 12.6 Å². The van der Waals surface area contributed by atoms with Gasteiger partial charge in [0.25, 0.3) is 0 Å². The number of likely N-dealkylation sites (tertiary alicyclic amines) is 1. The fourth-order valence-corrected chi connectivity index (χ4v) is 2.83. The minimum atomic E-state index is 0.323. The molecule has 1 N–H and O–H groups in total. The number of terminal acetylenes is 1. The average Bonchev–Trinajstić information content (AvgIpc) is 2.94. The first kappa shape index (κ1) is 14.9. The molecule has 0 aliphatic carbocycles. The van der Waals surface area contributed by atoms with Crippen molar-refractivity contribution in [2.24, 2.45) is 0 Å². The molecule has 108 valence electrons. The van der Waals surface area contributed by atoms with Crippen molar-refractivity contribution in [2.45, 2.75) is 32.4 Å². The molecule has 1 aromatic rings. The summed E-state index contributed by atoms with van der Waals surface area (Å²) in [6.45, 7) is 6.82. The molecule has 20 heavy (non-hydrogen) atoms. The minimum absolute atomic E-state index is 0.323. The summed E-state index contributed by atoms with van der Waals surface area (Å²) in [6.07, 6.45) is 7.87. The van der Waals surface area contributed by atoms with Crippen molar-refractivity contribution in [3.05, 3.63) is 29.8 Å². The second-order valence-corrected chi connectivity index (χ2v) is 5.16. The molecule has 0 bridgehead atoms. The number of para-hydroxylation sites is 1. The number of hydrogen-bond donors (Lipinski definition) is 1. The zero-order chi connectivity index (χ0) is 14.2. The normalized spacial score (nSPS) is 18.9. The Morgan fingerprint density at radius 3 is 3.10 bits per heavy atom. The topological polar surface area (TPSA) is 24.5 Å². The number of benzene rings is 1. The van der Waals surface area contributed by atoms with Gasteiger partial charge in [-0.3, -0.25) is 4.90 Å². The zero-order valence-electron chi connectivity index (χ0n) is 12.3. The summed E-state index contributed by atoms with van der Waals surface area (Å²) >= 11 is 0. The highest BCUT2D eigenvalue weighted by Gasteiger charge is 2.22. The summed E-state index contributed by atoms with van der Waals surface area (Å²) < 4.78 is 5.56. The number of ether oxygens (including phenoxy) is 1. The van der Waals surface area contributed by atoms with Gasteiger partial charge in [0.15, 0.2) is 0 Å². The van der Waals surface area contributed by atoms with Crippen LogP contribution >= 0.6 is 0 Å². The van der Waals surface area contributed by atoms with E-state index in [-0.39, 0.29) is 0 Å². The number of likely N-dealkylation sites (N-methyl/N-ethyl adjacent to an activating group) is 1. The van der Waals surface area contributed by atoms with Crippen LogP contribution in [-0.4, -0.2) is 37.2 Å². The molecular formula is C17H24N2O. The SMILES string of the molecule is C#CCOc1ccccc1CNC[C@H]1CCCN1CC. The molecule has 1 fully saturated rings. The van der Waals surface area contributed by atoms with Crippen molar-refractivity contribution in [1.29, 1.82) is 0 Å². The van der Waals surface area contributed by atoms with E-state index in [1.54, 1.807) is 0 Å². The first-order valence-corrected chi connectivity index (χ1v) is 7.44. The molecule has 1 atom stereocenters. The number of nitrogens with zero attached hydrogens (tertiary/aromatic N) is 1. The van der Waals surface area contributed by atoms with Gasteiger partial charge in [0.2, 0.25) is 0 Å². The third kappa shape index (κ3) is 4.00. The largest absolute Gasteiger partial charge is 0.481 e. The summed E-state index contributed by atoms with van der Waals surface area (Å²) in [7, 11) is 0. The monoisotopic (exact) mass is 272 g/mol. The first-order chi connectivity index (χ1) is 9.85. The van der Waals surface area contributed by atoms with Crippen molar-refractivity contribution in [3.63, 3.8) is 0 Å². The maximum absolute atomic E-state index is 5.56. The van der Waals surface area contributed by atoms with Crippen LogP contribution in [0.2, 0.25) is 0 Å². The molecule has 0 unspecified atom stereocenters. The fraction of sp³-hybridized carbons (Fsp3) is 0.529. The predicted molar refractivity (Wildman–Crippen MR) is 82.7 cm³/mol. The highest BCUT2D eigenvalue weighted by Crippen LogP contribution is 2.19. The molecule has 1 heterocycles. The molecule has 0 amide bonds. The van der Waals surface area contributed by atoms with E-state index in [1.807, 2.05) is 18.2 Å². The lowest BCUT2D eigenvalue weighted by Crippen LogP contribution is -2.37. The maximum atomic E-state index is 5.56. The Morgan fingerprint density at radius 1 is 1.45 bits per heavy atom. The summed E-state index contributed by atoms with van der Waals surface area (Å²) in [5, 5.41) is 3.55. The van der Waals surface area contributed by atoms with Crippen LogP contribution in [0.1, 0.15) is 25.3 Å². The lowest BCUT2D eigenvalue weighted by molar-refractivity contribution is 0.259. The molecule has 3 nitrogen and oxygen atoms in total. The second kappa shape index (κ2) is 7.94. The van der Waals surface area contributed by atoms with Crippen LogP contribution in [-0.2, 0) is 6.54 Å². The van der Waals surface area contributed by atoms with E-state index in [9.17, 15) is 0 Å². The molecule has 0 radical (unpaired) electrons. The lowest BCUT2D eigenvalue weighted by atomic mass is 10.2. The van der Waals surface area contributed by atoms with Crippen LogP contribution in [0.3, 0.4) is 0 Å². The fourth-order valence-electron chi connectivity index (χ4n) is 2.83. The Morgan fingerprint density at radius 2 is 2.30 bits per heavy atom. The van der Waals surface area contributed by atoms with E-state index < -0.39 is 0 Å². The van der Waals surface area contributed by atoms with E-state index in [0.717, 1.165) is 25.4 Å². The third-order valence-electron chi connectivity index (χ3n) is 3.88. The Balaban J connectivity index is 1.83. The molecule has 1 aromatic carbocycles. The molecule has 1 saturated heterocycles. The van der Waals surface area contributed by atoms with Gasteiger partial charge >= 0.3 is 0 Å². The van der Waals surface area contributed by atoms with Gasteiger partial charge in [-0.1, -0.05) is 31.0 Å². The van der Waals surface area contributed by atoms with Gasteiger partial charge in [-0.15, -0.1) is 6.42 Å². The molecule has 1 aliphatic heterocycles. The first-order valence-electron chi connectivity index (χ1n) is 7.44. The summed E-state index contributed by atoms with van der Waals surface area (Å²) in [4.78, 5) is 2.55. The molecule has 1 aliphatic rings. The van der Waals surface area contributed by atoms with Gasteiger partial charge < -0.3 is 10.1 Å². The Bertz CT molecular complexity index is 453. The van der Waals surface area contributed by atoms with Crippen molar-refractivity contribution in [1.82, 2.24) is 10.2 Å². The van der Waals surface area contributed by atoms with Crippen molar-refractivity contribution >= 4 is 0 Å².